The summed E-state index contributed by atoms with van der Waals surface area (Å²) < 4.78 is 10.5. The number of carbonyl (C=O) groups excluding carboxylic acids is 4. The third-order valence-corrected chi connectivity index (χ3v) is 5.72. The molecule has 3 aliphatic rings. The van der Waals surface area contributed by atoms with Crippen molar-refractivity contribution in [2.24, 2.45) is 0 Å². The zero-order valence-electron chi connectivity index (χ0n) is 14.8. The molecule has 7 heteroatoms. The van der Waals surface area contributed by atoms with Crippen molar-refractivity contribution in [2.75, 3.05) is 13.7 Å². The van der Waals surface area contributed by atoms with Gasteiger partial charge in [-0.25, -0.2) is 4.79 Å². The summed E-state index contributed by atoms with van der Waals surface area (Å²) in [5.41, 5.74) is -2.20. The molecule has 0 aromatic rings. The number of ether oxygens (including phenoxy) is 2. The maximum absolute atomic E-state index is 13.2. The molecule has 0 bridgehead atoms. The highest BCUT2D eigenvalue weighted by atomic mass is 16.6. The topological polar surface area (TPSA) is 90.0 Å². The van der Waals surface area contributed by atoms with Gasteiger partial charge in [0.05, 0.1) is 7.11 Å². The normalized spacial score (nSPS) is 31.6. The van der Waals surface area contributed by atoms with Gasteiger partial charge in [-0.3, -0.25) is 14.4 Å². The molecule has 1 spiro atoms. The van der Waals surface area contributed by atoms with E-state index < -0.39 is 28.9 Å². The fourth-order valence-electron chi connectivity index (χ4n) is 4.71. The third-order valence-electron chi connectivity index (χ3n) is 5.72. The second-order valence-electron chi connectivity index (χ2n) is 6.80. The lowest BCUT2D eigenvalue weighted by atomic mass is 9.74. The molecule has 136 valence electrons. The van der Waals surface area contributed by atoms with Crippen molar-refractivity contribution in [1.82, 2.24) is 4.90 Å². The number of ketones is 1. The lowest BCUT2D eigenvalue weighted by molar-refractivity contribution is -0.195. The molecule has 0 aromatic carbocycles. The van der Waals surface area contributed by atoms with Gasteiger partial charge in [-0.15, -0.1) is 0 Å². The summed E-state index contributed by atoms with van der Waals surface area (Å²) in [4.78, 5) is 52.6. The van der Waals surface area contributed by atoms with Gasteiger partial charge in [-0.1, -0.05) is 6.92 Å². The van der Waals surface area contributed by atoms with E-state index in [1.54, 1.807) is 18.7 Å². The van der Waals surface area contributed by atoms with Crippen molar-refractivity contribution in [3.63, 3.8) is 0 Å². The van der Waals surface area contributed by atoms with Crippen LogP contribution in [0.4, 0.5) is 0 Å². The van der Waals surface area contributed by atoms with Crippen LogP contribution in [-0.4, -0.2) is 53.3 Å². The first-order chi connectivity index (χ1) is 11.9. The van der Waals surface area contributed by atoms with Gasteiger partial charge in [0.1, 0.15) is 5.54 Å². The van der Waals surface area contributed by atoms with Crippen LogP contribution in [0.15, 0.2) is 11.1 Å². The maximum atomic E-state index is 13.2. The molecular weight excluding hydrogens is 326 g/mol. The van der Waals surface area contributed by atoms with Gasteiger partial charge in [-0.05, 0) is 43.8 Å². The molecule has 2 saturated heterocycles. The summed E-state index contributed by atoms with van der Waals surface area (Å²) >= 11 is 0. The van der Waals surface area contributed by atoms with E-state index in [-0.39, 0.29) is 12.3 Å². The van der Waals surface area contributed by atoms with E-state index in [4.69, 9.17) is 9.47 Å². The molecule has 2 heterocycles. The number of nitrogens with zero attached hydrogens (tertiary/aromatic N) is 1. The van der Waals surface area contributed by atoms with E-state index in [0.717, 1.165) is 5.57 Å². The Labute approximate surface area is 146 Å². The molecule has 2 atom stereocenters. The van der Waals surface area contributed by atoms with E-state index in [1.165, 1.54) is 7.11 Å². The van der Waals surface area contributed by atoms with Crippen LogP contribution in [0.1, 0.15) is 52.4 Å². The minimum atomic E-state index is -2.12. The Morgan fingerprint density at radius 1 is 1.20 bits per heavy atom. The van der Waals surface area contributed by atoms with Crippen LogP contribution in [0.25, 0.3) is 0 Å². The van der Waals surface area contributed by atoms with Crippen LogP contribution >= 0.6 is 0 Å². The van der Waals surface area contributed by atoms with Crippen LogP contribution in [0, 0.1) is 0 Å². The SMILES string of the molecule is CCC(=O)O[C@]1(C(=O)OC)C(=O)C(C)=C2CCCC(=O)N3CCC[C@]231. The molecule has 2 fully saturated rings. The summed E-state index contributed by atoms with van der Waals surface area (Å²) in [6.45, 7) is 3.68. The van der Waals surface area contributed by atoms with Gasteiger partial charge < -0.3 is 14.4 Å². The second kappa shape index (κ2) is 5.97. The first-order valence-corrected chi connectivity index (χ1v) is 8.72. The van der Waals surface area contributed by atoms with Gasteiger partial charge in [0.15, 0.2) is 0 Å². The summed E-state index contributed by atoms with van der Waals surface area (Å²) in [6, 6.07) is 0. The Hall–Kier alpha value is -2.18. The van der Waals surface area contributed by atoms with Crippen LogP contribution in [-0.2, 0) is 28.7 Å². The largest absolute Gasteiger partial charge is 0.466 e. The van der Waals surface area contributed by atoms with Crippen molar-refractivity contribution >= 4 is 23.6 Å². The molecule has 0 aromatic heterocycles. The molecule has 1 aliphatic carbocycles. The highest BCUT2D eigenvalue weighted by Crippen LogP contribution is 2.56. The first-order valence-electron chi connectivity index (χ1n) is 8.72. The maximum Gasteiger partial charge on any atom is 0.361 e. The fraction of sp³-hybridized carbons (Fsp3) is 0.667. The fourth-order valence-corrected chi connectivity index (χ4v) is 4.71. The minimum absolute atomic E-state index is 0.0183. The summed E-state index contributed by atoms with van der Waals surface area (Å²) in [5.74, 6) is -2.24. The Morgan fingerprint density at radius 3 is 2.56 bits per heavy atom. The van der Waals surface area contributed by atoms with Crippen molar-refractivity contribution in [3.8, 4) is 0 Å². The average molecular weight is 349 g/mol. The number of esters is 2. The van der Waals surface area contributed by atoms with Crippen molar-refractivity contribution in [3.05, 3.63) is 11.1 Å². The first kappa shape index (κ1) is 17.6. The molecular formula is C18H23NO6. The number of carbonyl (C=O) groups is 4. The monoisotopic (exact) mass is 349 g/mol. The number of Topliss-reactive ketones (excluding diaryl/α,β-unsaturated/α-hetero) is 1. The molecule has 0 radical (unpaired) electrons. The van der Waals surface area contributed by atoms with E-state index in [9.17, 15) is 19.2 Å². The molecule has 1 amide bonds. The molecule has 2 aliphatic heterocycles. The predicted molar refractivity (Wildman–Crippen MR) is 86.4 cm³/mol. The zero-order valence-corrected chi connectivity index (χ0v) is 14.8. The van der Waals surface area contributed by atoms with Crippen LogP contribution < -0.4 is 0 Å². The van der Waals surface area contributed by atoms with Gasteiger partial charge in [-0.2, -0.15) is 0 Å². The minimum Gasteiger partial charge on any atom is -0.466 e. The van der Waals surface area contributed by atoms with Crippen LogP contribution in [0.3, 0.4) is 0 Å². The van der Waals surface area contributed by atoms with Crippen molar-refractivity contribution in [2.45, 2.75) is 63.5 Å². The number of amides is 1. The number of methoxy groups -OCH3 is 1. The van der Waals surface area contributed by atoms with Crippen molar-refractivity contribution < 1.29 is 28.7 Å². The van der Waals surface area contributed by atoms with Gasteiger partial charge in [0.25, 0.3) is 5.60 Å². The van der Waals surface area contributed by atoms with E-state index in [1.807, 2.05) is 0 Å². The highest BCUT2D eigenvalue weighted by molar-refractivity contribution is 6.21. The standard InChI is InChI=1S/C18H23NO6/c1-4-14(21)25-18(16(23)24-3)15(22)11(2)12-7-5-8-13(20)19-10-6-9-17(12,18)19/h4-10H2,1-3H3/t17-,18+/m1/s1. The van der Waals surface area contributed by atoms with E-state index in [2.05, 4.69) is 0 Å². The molecule has 0 saturated carbocycles. The van der Waals surface area contributed by atoms with Crippen LogP contribution in [0.5, 0.6) is 0 Å². The van der Waals surface area contributed by atoms with Gasteiger partial charge >= 0.3 is 11.9 Å². The smallest absolute Gasteiger partial charge is 0.361 e. The summed E-state index contributed by atoms with van der Waals surface area (Å²) in [7, 11) is 1.17. The van der Waals surface area contributed by atoms with Crippen molar-refractivity contribution in [1.29, 1.82) is 0 Å². The molecule has 25 heavy (non-hydrogen) atoms. The molecule has 0 N–H and O–H groups in total. The van der Waals surface area contributed by atoms with Gasteiger partial charge in [0.2, 0.25) is 11.7 Å². The number of hydrogen-bond donors (Lipinski definition) is 0. The Morgan fingerprint density at radius 2 is 1.92 bits per heavy atom. The second-order valence-corrected chi connectivity index (χ2v) is 6.80. The summed E-state index contributed by atoms with van der Waals surface area (Å²) in [6.07, 6.45) is 2.55. The average Bonchev–Trinajstić information content (AvgIpc) is 3.07. The summed E-state index contributed by atoms with van der Waals surface area (Å²) in [5, 5.41) is 0. The van der Waals surface area contributed by atoms with E-state index in [0.29, 0.717) is 44.2 Å². The highest BCUT2D eigenvalue weighted by Gasteiger charge is 2.75. The number of rotatable bonds is 3. The van der Waals surface area contributed by atoms with Crippen LogP contribution in [0.2, 0.25) is 0 Å². The lowest BCUT2D eigenvalue weighted by Crippen LogP contribution is -2.69. The Bertz CT molecular complexity index is 696. The third kappa shape index (κ3) is 2.04. The Balaban J connectivity index is 2.30. The quantitative estimate of drug-likeness (QED) is 0.563. The zero-order chi connectivity index (χ0) is 18.4. The van der Waals surface area contributed by atoms with E-state index >= 15 is 0 Å². The molecule has 3 rings (SSSR count). The predicted octanol–water partition coefficient (Wildman–Crippen LogP) is 1.30. The Kier molecular flexibility index (Phi) is 4.21. The molecule has 0 unspecified atom stereocenters. The number of hydrogen-bond acceptors (Lipinski definition) is 6. The lowest BCUT2D eigenvalue weighted by Gasteiger charge is -2.45. The molecule has 7 nitrogen and oxygen atoms in total. The van der Waals surface area contributed by atoms with Gasteiger partial charge in [0, 0.05) is 19.4 Å².